The van der Waals surface area contributed by atoms with Gasteiger partial charge in [-0.05, 0) is 12.8 Å². The van der Waals surface area contributed by atoms with Crippen molar-refractivity contribution in [2.45, 2.75) is 19.3 Å². The van der Waals surface area contributed by atoms with E-state index in [0.29, 0.717) is 10.8 Å². The lowest BCUT2D eigenvalue weighted by Crippen LogP contribution is -2.20. The lowest BCUT2D eigenvalue weighted by molar-refractivity contribution is -0.136. The number of amides is 1. The van der Waals surface area contributed by atoms with E-state index in [4.69, 9.17) is 5.11 Å². The van der Waals surface area contributed by atoms with Crippen LogP contribution in [0, 0.1) is 5.92 Å². The van der Waals surface area contributed by atoms with Crippen LogP contribution in [-0.2, 0) is 16.0 Å². The molecule has 90 valence electrons. The maximum absolute atomic E-state index is 11.7. The van der Waals surface area contributed by atoms with E-state index in [0.717, 1.165) is 12.8 Å². The van der Waals surface area contributed by atoms with Gasteiger partial charge in [-0.1, -0.05) is 12.2 Å². The highest BCUT2D eigenvalue weighted by molar-refractivity contribution is 7.13. The molecule has 2 rings (SSSR count). The smallest absolute Gasteiger partial charge is 0.309 e. The van der Waals surface area contributed by atoms with Crippen molar-refractivity contribution >= 4 is 28.3 Å². The van der Waals surface area contributed by atoms with Crippen molar-refractivity contribution in [1.29, 1.82) is 0 Å². The minimum absolute atomic E-state index is 0.0122. The van der Waals surface area contributed by atoms with Gasteiger partial charge in [-0.3, -0.25) is 9.59 Å². The molecule has 5 nitrogen and oxygen atoms in total. The van der Waals surface area contributed by atoms with Crippen LogP contribution in [-0.4, -0.2) is 22.0 Å². The zero-order chi connectivity index (χ0) is 12.3. The van der Waals surface area contributed by atoms with Gasteiger partial charge < -0.3 is 10.4 Å². The van der Waals surface area contributed by atoms with Gasteiger partial charge in [0.15, 0.2) is 5.13 Å². The van der Waals surface area contributed by atoms with E-state index in [1.165, 1.54) is 11.3 Å². The molecule has 0 saturated carbocycles. The quantitative estimate of drug-likeness (QED) is 0.799. The minimum Gasteiger partial charge on any atom is -0.481 e. The number of aromatic nitrogens is 1. The Hall–Kier alpha value is -1.69. The summed E-state index contributed by atoms with van der Waals surface area (Å²) >= 11 is 1.25. The molecule has 0 fully saturated rings. The van der Waals surface area contributed by atoms with Crippen molar-refractivity contribution in [2.75, 3.05) is 5.32 Å². The van der Waals surface area contributed by atoms with Crippen molar-refractivity contribution in [1.82, 2.24) is 4.98 Å². The van der Waals surface area contributed by atoms with Gasteiger partial charge in [0.25, 0.3) is 0 Å². The van der Waals surface area contributed by atoms with E-state index in [-0.39, 0.29) is 18.2 Å². The highest BCUT2D eigenvalue weighted by atomic mass is 32.1. The average molecular weight is 252 g/mol. The summed E-state index contributed by atoms with van der Waals surface area (Å²) in [5.74, 6) is -0.985. The first-order valence-corrected chi connectivity index (χ1v) is 6.15. The summed E-state index contributed by atoms with van der Waals surface area (Å²) in [6.07, 6.45) is 5.39. The number of carboxylic acids is 1. The fourth-order valence-corrected chi connectivity index (χ4v) is 2.35. The normalized spacial score (nSPS) is 15.1. The number of rotatable bonds is 4. The predicted molar refractivity (Wildman–Crippen MR) is 63.9 cm³/mol. The summed E-state index contributed by atoms with van der Waals surface area (Å²) in [5, 5.41) is 13.4. The standard InChI is InChI=1S/C11H12N2O3S/c14-9(15)5-8-6-17-11(12-8)13-10(16)7-3-1-2-4-7/h1-2,6-7H,3-5H2,(H,14,15)(H,12,13,16). The number of carbonyl (C=O) groups is 2. The minimum atomic E-state index is -0.923. The molecule has 1 aromatic rings. The lowest BCUT2D eigenvalue weighted by Gasteiger charge is -2.07. The third kappa shape index (κ3) is 3.13. The van der Waals surface area contributed by atoms with Crippen LogP contribution in [0.25, 0.3) is 0 Å². The number of thiazole rings is 1. The first-order valence-electron chi connectivity index (χ1n) is 5.27. The van der Waals surface area contributed by atoms with Crippen molar-refractivity contribution in [3.63, 3.8) is 0 Å². The van der Waals surface area contributed by atoms with Crippen LogP contribution in [0.1, 0.15) is 18.5 Å². The van der Waals surface area contributed by atoms with Crippen LogP contribution < -0.4 is 5.32 Å². The zero-order valence-corrected chi connectivity index (χ0v) is 9.87. The number of hydrogen-bond donors (Lipinski definition) is 2. The molecular weight excluding hydrogens is 240 g/mol. The topological polar surface area (TPSA) is 79.3 Å². The van der Waals surface area contributed by atoms with Crippen LogP contribution in [0.2, 0.25) is 0 Å². The van der Waals surface area contributed by atoms with Crippen LogP contribution in [0.15, 0.2) is 17.5 Å². The number of carbonyl (C=O) groups excluding carboxylic acids is 1. The molecule has 1 aliphatic rings. The fraction of sp³-hybridized carbons (Fsp3) is 0.364. The maximum atomic E-state index is 11.7. The fourth-order valence-electron chi connectivity index (χ4n) is 1.64. The molecule has 0 saturated heterocycles. The Labute approximate surface area is 102 Å². The highest BCUT2D eigenvalue weighted by Gasteiger charge is 2.20. The molecule has 1 aliphatic carbocycles. The van der Waals surface area contributed by atoms with Crippen molar-refractivity contribution in [3.8, 4) is 0 Å². The second-order valence-corrected chi connectivity index (χ2v) is 4.70. The number of anilines is 1. The van der Waals surface area contributed by atoms with Crippen LogP contribution >= 0.6 is 11.3 Å². The monoisotopic (exact) mass is 252 g/mol. The Kier molecular flexibility index (Phi) is 3.53. The number of hydrogen-bond acceptors (Lipinski definition) is 4. The molecule has 2 N–H and O–H groups in total. The van der Waals surface area contributed by atoms with Gasteiger partial charge in [0.1, 0.15) is 0 Å². The van der Waals surface area contributed by atoms with Crippen molar-refractivity contribution < 1.29 is 14.7 Å². The Balaban J connectivity index is 1.92. The Morgan fingerprint density at radius 1 is 1.47 bits per heavy atom. The molecule has 0 aromatic carbocycles. The molecule has 1 amide bonds. The van der Waals surface area contributed by atoms with Gasteiger partial charge in [0, 0.05) is 11.3 Å². The van der Waals surface area contributed by atoms with E-state index in [9.17, 15) is 9.59 Å². The molecule has 0 atom stereocenters. The first kappa shape index (κ1) is 11.8. The highest BCUT2D eigenvalue weighted by Crippen LogP contribution is 2.21. The molecular formula is C11H12N2O3S. The number of carboxylic acid groups (broad SMARTS) is 1. The largest absolute Gasteiger partial charge is 0.481 e. The summed E-state index contributed by atoms with van der Waals surface area (Å²) in [4.78, 5) is 26.3. The SMILES string of the molecule is O=C(O)Cc1csc(NC(=O)C2CC=CC2)n1. The molecule has 0 unspecified atom stereocenters. The molecule has 0 radical (unpaired) electrons. The van der Waals surface area contributed by atoms with Gasteiger partial charge in [-0.2, -0.15) is 0 Å². The molecule has 17 heavy (non-hydrogen) atoms. The summed E-state index contributed by atoms with van der Waals surface area (Å²) in [6.45, 7) is 0. The Morgan fingerprint density at radius 3 is 2.82 bits per heavy atom. The first-order chi connectivity index (χ1) is 8.15. The van der Waals surface area contributed by atoms with Crippen LogP contribution in [0.4, 0.5) is 5.13 Å². The average Bonchev–Trinajstić information content (AvgIpc) is 2.87. The molecule has 1 aromatic heterocycles. The third-order valence-electron chi connectivity index (χ3n) is 2.49. The maximum Gasteiger partial charge on any atom is 0.309 e. The van der Waals surface area contributed by atoms with E-state index in [1.807, 2.05) is 12.2 Å². The molecule has 1 heterocycles. The van der Waals surface area contributed by atoms with Crippen LogP contribution in [0.3, 0.4) is 0 Å². The van der Waals surface area contributed by atoms with Crippen molar-refractivity contribution in [3.05, 3.63) is 23.2 Å². The number of allylic oxidation sites excluding steroid dienone is 2. The Bertz CT molecular complexity index is 459. The second-order valence-electron chi connectivity index (χ2n) is 3.84. The lowest BCUT2D eigenvalue weighted by atomic mass is 10.1. The van der Waals surface area contributed by atoms with Crippen molar-refractivity contribution in [2.24, 2.45) is 5.92 Å². The summed E-state index contributed by atoms with van der Waals surface area (Å²) in [6, 6.07) is 0. The van der Waals surface area contributed by atoms with Gasteiger partial charge in [-0.15, -0.1) is 11.3 Å². The second kappa shape index (κ2) is 5.09. The van der Waals surface area contributed by atoms with E-state index in [1.54, 1.807) is 5.38 Å². The molecule has 0 aliphatic heterocycles. The number of nitrogens with zero attached hydrogens (tertiary/aromatic N) is 1. The molecule has 0 spiro atoms. The van der Waals surface area contributed by atoms with E-state index >= 15 is 0 Å². The van der Waals surface area contributed by atoms with Gasteiger partial charge in [0.2, 0.25) is 5.91 Å². The van der Waals surface area contributed by atoms with Gasteiger partial charge >= 0.3 is 5.97 Å². The van der Waals surface area contributed by atoms with E-state index in [2.05, 4.69) is 10.3 Å². The summed E-state index contributed by atoms with van der Waals surface area (Å²) in [5.41, 5.74) is 0.474. The molecule has 6 heteroatoms. The van der Waals surface area contributed by atoms with Crippen LogP contribution in [0.5, 0.6) is 0 Å². The summed E-state index contributed by atoms with van der Waals surface area (Å²) < 4.78 is 0. The number of aliphatic carboxylic acids is 1. The summed E-state index contributed by atoms with van der Waals surface area (Å²) in [7, 11) is 0. The van der Waals surface area contributed by atoms with Gasteiger partial charge in [-0.25, -0.2) is 4.98 Å². The molecule has 0 bridgehead atoms. The zero-order valence-electron chi connectivity index (χ0n) is 9.05. The van der Waals surface area contributed by atoms with Gasteiger partial charge in [0.05, 0.1) is 12.1 Å². The third-order valence-corrected chi connectivity index (χ3v) is 3.30. The Morgan fingerprint density at radius 2 is 2.18 bits per heavy atom. The predicted octanol–water partition coefficient (Wildman–Crippen LogP) is 1.67. The van der Waals surface area contributed by atoms with E-state index < -0.39 is 5.97 Å². The number of nitrogens with one attached hydrogen (secondary N) is 1.